The fourth-order valence-corrected chi connectivity index (χ4v) is 3.55. The summed E-state index contributed by atoms with van der Waals surface area (Å²) < 4.78 is 7.34. The predicted octanol–water partition coefficient (Wildman–Crippen LogP) is 3.01. The number of rotatable bonds is 8. The lowest BCUT2D eigenvalue weighted by Gasteiger charge is -2.18. The maximum atomic E-state index is 12.4. The summed E-state index contributed by atoms with van der Waals surface area (Å²) in [5.74, 6) is 0.198. The van der Waals surface area contributed by atoms with Crippen LogP contribution in [0.25, 0.3) is 11.0 Å². The Labute approximate surface area is 182 Å². The molecule has 0 unspecified atom stereocenters. The maximum Gasteiger partial charge on any atom is 0.262 e. The van der Waals surface area contributed by atoms with E-state index in [2.05, 4.69) is 15.4 Å². The average Bonchev–Trinajstić information content (AvgIpc) is 3.04. The van der Waals surface area contributed by atoms with Crippen LogP contribution in [0.2, 0.25) is 0 Å². The number of hydrogen-bond donors (Lipinski definition) is 1. The zero-order chi connectivity index (χ0) is 22.5. The van der Waals surface area contributed by atoms with Gasteiger partial charge in [-0.15, -0.1) is 5.10 Å². The first kappa shape index (κ1) is 22.3. The van der Waals surface area contributed by atoms with E-state index in [-0.39, 0.29) is 18.4 Å². The fourth-order valence-electron chi connectivity index (χ4n) is 3.55. The number of anilines is 1. The molecule has 0 spiro atoms. The standard InChI is InChI=1S/C23H29N5O3/c1-6-28(7-2)20(30)13-17-8-10-18(11-9-17)25-19(29)14-31-23-21-15(3)12-16(4)24-22(21)27(5)26-23/h8-12H,6-7,13-14H2,1-5H3,(H,25,29). The Morgan fingerprint density at radius 1 is 1.13 bits per heavy atom. The van der Waals surface area contributed by atoms with Gasteiger partial charge in [-0.3, -0.25) is 9.59 Å². The molecular weight excluding hydrogens is 394 g/mol. The Morgan fingerprint density at radius 3 is 2.45 bits per heavy atom. The third kappa shape index (κ3) is 5.20. The van der Waals surface area contributed by atoms with Crippen molar-refractivity contribution in [1.82, 2.24) is 19.7 Å². The lowest BCUT2D eigenvalue weighted by atomic mass is 10.1. The van der Waals surface area contributed by atoms with Gasteiger partial charge in [0.15, 0.2) is 12.3 Å². The van der Waals surface area contributed by atoms with Crippen molar-refractivity contribution in [3.63, 3.8) is 0 Å². The van der Waals surface area contributed by atoms with Crippen LogP contribution in [0.4, 0.5) is 5.69 Å². The summed E-state index contributed by atoms with van der Waals surface area (Å²) in [6.45, 7) is 9.07. The molecule has 0 saturated heterocycles. The van der Waals surface area contributed by atoms with E-state index in [4.69, 9.17) is 4.74 Å². The summed E-state index contributed by atoms with van der Waals surface area (Å²) in [7, 11) is 1.80. The molecule has 0 radical (unpaired) electrons. The van der Waals surface area contributed by atoms with E-state index in [0.717, 1.165) is 27.9 Å². The van der Waals surface area contributed by atoms with E-state index in [1.54, 1.807) is 28.8 Å². The van der Waals surface area contributed by atoms with Gasteiger partial charge in [0.2, 0.25) is 11.8 Å². The van der Waals surface area contributed by atoms with E-state index in [1.807, 2.05) is 45.9 Å². The molecule has 0 aliphatic rings. The summed E-state index contributed by atoms with van der Waals surface area (Å²) in [5, 5.41) is 7.97. The summed E-state index contributed by atoms with van der Waals surface area (Å²) in [4.78, 5) is 30.9. The number of nitrogens with one attached hydrogen (secondary N) is 1. The van der Waals surface area contributed by atoms with Crippen LogP contribution < -0.4 is 10.1 Å². The highest BCUT2D eigenvalue weighted by Gasteiger charge is 2.16. The first-order chi connectivity index (χ1) is 14.8. The first-order valence-corrected chi connectivity index (χ1v) is 10.4. The molecule has 164 valence electrons. The minimum Gasteiger partial charge on any atom is -0.466 e. The van der Waals surface area contributed by atoms with Gasteiger partial charge in [-0.2, -0.15) is 0 Å². The predicted molar refractivity (Wildman–Crippen MR) is 120 cm³/mol. The van der Waals surface area contributed by atoms with Crippen LogP contribution in [0.5, 0.6) is 5.88 Å². The maximum absolute atomic E-state index is 12.4. The molecule has 0 aliphatic carbocycles. The molecule has 1 aromatic carbocycles. The number of pyridine rings is 1. The molecular formula is C23H29N5O3. The molecule has 8 nitrogen and oxygen atoms in total. The second kappa shape index (κ2) is 9.59. The number of carbonyl (C=O) groups is 2. The van der Waals surface area contributed by atoms with Crippen molar-refractivity contribution < 1.29 is 14.3 Å². The summed E-state index contributed by atoms with van der Waals surface area (Å²) in [6, 6.07) is 9.23. The van der Waals surface area contributed by atoms with Gasteiger partial charge in [0, 0.05) is 31.5 Å². The molecule has 2 amide bonds. The number of likely N-dealkylation sites (N-methyl/N-ethyl adjacent to an activating group) is 1. The molecule has 0 saturated carbocycles. The van der Waals surface area contributed by atoms with Gasteiger partial charge in [-0.05, 0) is 57.0 Å². The van der Waals surface area contributed by atoms with Crippen molar-refractivity contribution in [3.8, 4) is 5.88 Å². The third-order valence-electron chi connectivity index (χ3n) is 5.14. The Bertz CT molecular complexity index is 1080. The average molecular weight is 424 g/mol. The topological polar surface area (TPSA) is 89.4 Å². The monoisotopic (exact) mass is 423 g/mol. The third-order valence-corrected chi connectivity index (χ3v) is 5.14. The number of fused-ring (bicyclic) bond motifs is 1. The van der Waals surface area contributed by atoms with Crippen molar-refractivity contribution in [1.29, 1.82) is 0 Å². The van der Waals surface area contributed by atoms with E-state index >= 15 is 0 Å². The minimum atomic E-state index is -0.288. The second-order valence-corrected chi connectivity index (χ2v) is 7.48. The Kier molecular flexibility index (Phi) is 6.89. The molecule has 0 atom stereocenters. The second-order valence-electron chi connectivity index (χ2n) is 7.48. The quantitative estimate of drug-likeness (QED) is 0.602. The number of amides is 2. The van der Waals surface area contributed by atoms with Crippen molar-refractivity contribution in [2.24, 2.45) is 7.05 Å². The molecule has 8 heteroatoms. The molecule has 31 heavy (non-hydrogen) atoms. The highest BCUT2D eigenvalue weighted by atomic mass is 16.5. The van der Waals surface area contributed by atoms with Crippen LogP contribution in [-0.2, 0) is 23.1 Å². The summed E-state index contributed by atoms with van der Waals surface area (Å²) in [5.41, 5.74) is 4.18. The molecule has 0 aliphatic heterocycles. The number of aryl methyl sites for hydroxylation is 3. The van der Waals surface area contributed by atoms with Crippen molar-refractivity contribution in [2.75, 3.05) is 25.0 Å². The highest BCUT2D eigenvalue weighted by molar-refractivity contribution is 5.92. The Morgan fingerprint density at radius 2 is 1.81 bits per heavy atom. The smallest absolute Gasteiger partial charge is 0.262 e. The number of ether oxygens (including phenoxy) is 1. The largest absolute Gasteiger partial charge is 0.466 e. The lowest BCUT2D eigenvalue weighted by molar-refractivity contribution is -0.130. The lowest BCUT2D eigenvalue weighted by Crippen LogP contribution is -2.31. The number of nitrogens with zero attached hydrogens (tertiary/aromatic N) is 4. The number of hydrogen-bond acceptors (Lipinski definition) is 5. The van der Waals surface area contributed by atoms with Gasteiger partial charge in [-0.1, -0.05) is 12.1 Å². The zero-order valence-electron chi connectivity index (χ0n) is 18.7. The highest BCUT2D eigenvalue weighted by Crippen LogP contribution is 2.27. The van der Waals surface area contributed by atoms with Gasteiger partial charge < -0.3 is 15.0 Å². The number of aromatic nitrogens is 3. The molecule has 2 heterocycles. The molecule has 2 aromatic heterocycles. The van der Waals surface area contributed by atoms with Gasteiger partial charge in [0.05, 0.1) is 11.8 Å². The Balaban J connectivity index is 1.59. The Hall–Kier alpha value is -3.42. The molecule has 1 N–H and O–H groups in total. The molecule has 0 bridgehead atoms. The summed E-state index contributed by atoms with van der Waals surface area (Å²) in [6.07, 6.45) is 0.346. The van der Waals surface area contributed by atoms with Crippen LogP contribution in [0.15, 0.2) is 30.3 Å². The van der Waals surface area contributed by atoms with Crippen molar-refractivity contribution in [3.05, 3.63) is 47.2 Å². The van der Waals surface area contributed by atoms with Crippen molar-refractivity contribution in [2.45, 2.75) is 34.1 Å². The molecule has 3 rings (SSSR count). The number of benzene rings is 1. The van der Waals surface area contributed by atoms with Gasteiger partial charge in [0.25, 0.3) is 5.91 Å². The van der Waals surface area contributed by atoms with Crippen LogP contribution in [0.1, 0.15) is 30.7 Å². The fraction of sp³-hybridized carbons (Fsp3) is 0.391. The van der Waals surface area contributed by atoms with Crippen LogP contribution in [-0.4, -0.2) is 51.2 Å². The van der Waals surface area contributed by atoms with Crippen molar-refractivity contribution >= 4 is 28.5 Å². The van der Waals surface area contributed by atoms with Crippen LogP contribution in [0.3, 0.4) is 0 Å². The van der Waals surface area contributed by atoms with E-state index in [0.29, 0.717) is 31.1 Å². The first-order valence-electron chi connectivity index (χ1n) is 10.4. The van der Waals surface area contributed by atoms with E-state index < -0.39 is 0 Å². The molecule has 0 fully saturated rings. The van der Waals surface area contributed by atoms with Gasteiger partial charge in [-0.25, -0.2) is 9.67 Å². The van der Waals surface area contributed by atoms with Gasteiger partial charge >= 0.3 is 0 Å². The molecule has 3 aromatic rings. The van der Waals surface area contributed by atoms with E-state index in [1.165, 1.54) is 0 Å². The SMILES string of the molecule is CCN(CC)C(=O)Cc1ccc(NC(=O)COc2nn(C)c3nc(C)cc(C)c23)cc1. The normalized spacial score (nSPS) is 10.9. The zero-order valence-corrected chi connectivity index (χ0v) is 18.7. The van der Waals surface area contributed by atoms with Gasteiger partial charge in [0.1, 0.15) is 0 Å². The van der Waals surface area contributed by atoms with E-state index in [9.17, 15) is 9.59 Å². The summed E-state index contributed by atoms with van der Waals surface area (Å²) >= 11 is 0. The number of carbonyl (C=O) groups excluding carboxylic acids is 2. The van der Waals surface area contributed by atoms with Crippen LogP contribution >= 0.6 is 0 Å². The van der Waals surface area contributed by atoms with Crippen LogP contribution in [0, 0.1) is 13.8 Å². The minimum absolute atomic E-state index is 0.0951.